The van der Waals surface area contributed by atoms with Crippen molar-refractivity contribution >= 4 is 29.8 Å². The fraction of sp³-hybridized carbons (Fsp3) is 0.500. The number of hydrogen-bond donors (Lipinski definition) is 5. The molecular formula is C10H15N3O8. The number of nitrogens with one attached hydrogen (secondary N) is 1. The maximum Gasteiger partial charge on any atom is 0.349 e. The quantitative estimate of drug-likeness (QED) is 0.193. The third-order valence-electron chi connectivity index (χ3n) is 2.35. The molecule has 0 heterocycles. The Morgan fingerprint density at radius 2 is 1.57 bits per heavy atom. The molecule has 0 saturated carbocycles. The summed E-state index contributed by atoms with van der Waals surface area (Å²) < 4.78 is 4.55. The van der Waals surface area contributed by atoms with Crippen molar-refractivity contribution in [2.24, 2.45) is 5.73 Å². The predicted octanol–water partition coefficient (Wildman–Crippen LogP) is -1.87. The summed E-state index contributed by atoms with van der Waals surface area (Å²) in [6.45, 7) is -0.635. The van der Waals surface area contributed by atoms with Crippen molar-refractivity contribution in [1.29, 1.82) is 5.41 Å². The van der Waals surface area contributed by atoms with Crippen molar-refractivity contribution in [2.45, 2.75) is 18.4 Å². The largest absolute Gasteiger partial charge is 0.481 e. The highest BCUT2D eigenvalue weighted by atomic mass is 16.6. The minimum atomic E-state index is -2.73. The average Bonchev–Trinajstić information content (AvgIpc) is 2.25. The molecule has 21 heavy (non-hydrogen) atoms. The van der Waals surface area contributed by atoms with Crippen LogP contribution >= 0.6 is 0 Å². The van der Waals surface area contributed by atoms with Crippen molar-refractivity contribution in [2.75, 3.05) is 13.6 Å². The van der Waals surface area contributed by atoms with E-state index in [0.29, 0.717) is 0 Å². The SMILES string of the molecule is CN(CC(=O)OC(CC(=O)O)(CC(=O)O)C(=O)O)C(=N)N. The first-order valence-corrected chi connectivity index (χ1v) is 5.44. The van der Waals surface area contributed by atoms with Gasteiger partial charge in [0.05, 0.1) is 12.8 Å². The topological polar surface area (TPSA) is 191 Å². The number of ether oxygens (including phenoxy) is 1. The van der Waals surface area contributed by atoms with Crippen LogP contribution in [0.3, 0.4) is 0 Å². The number of aliphatic carboxylic acids is 3. The Morgan fingerprint density at radius 1 is 1.14 bits per heavy atom. The van der Waals surface area contributed by atoms with Crippen LogP contribution in [0.2, 0.25) is 0 Å². The molecule has 0 aromatic heterocycles. The Bertz CT molecular complexity index is 459. The number of likely N-dealkylation sites (N-methyl/N-ethyl adjacent to an activating group) is 1. The van der Waals surface area contributed by atoms with Crippen LogP contribution < -0.4 is 5.73 Å². The number of nitrogens with two attached hydrogens (primary N) is 1. The summed E-state index contributed by atoms with van der Waals surface area (Å²) in [6.07, 6.45) is -2.44. The maximum absolute atomic E-state index is 11.6. The second-order valence-electron chi connectivity index (χ2n) is 4.16. The highest BCUT2D eigenvalue weighted by molar-refractivity contribution is 5.91. The van der Waals surface area contributed by atoms with Gasteiger partial charge in [-0.1, -0.05) is 0 Å². The zero-order valence-electron chi connectivity index (χ0n) is 11.0. The molecule has 0 fully saturated rings. The van der Waals surface area contributed by atoms with Crippen LogP contribution in [0.5, 0.6) is 0 Å². The zero-order chi connectivity index (χ0) is 16.8. The van der Waals surface area contributed by atoms with Crippen LogP contribution in [0, 0.1) is 5.41 Å². The number of nitrogens with zero attached hydrogens (tertiary/aromatic N) is 1. The molecule has 118 valence electrons. The monoisotopic (exact) mass is 305 g/mol. The summed E-state index contributed by atoms with van der Waals surface area (Å²) in [5, 5.41) is 33.4. The zero-order valence-corrected chi connectivity index (χ0v) is 11.0. The van der Waals surface area contributed by atoms with Gasteiger partial charge in [0.25, 0.3) is 0 Å². The molecule has 0 aliphatic heterocycles. The molecule has 0 saturated heterocycles. The van der Waals surface area contributed by atoms with E-state index in [2.05, 4.69) is 4.74 Å². The summed E-state index contributed by atoms with van der Waals surface area (Å²) >= 11 is 0. The molecule has 0 aromatic carbocycles. The van der Waals surface area contributed by atoms with Crippen molar-refractivity contribution in [1.82, 2.24) is 4.90 Å². The highest BCUT2D eigenvalue weighted by Crippen LogP contribution is 2.22. The van der Waals surface area contributed by atoms with E-state index < -0.39 is 54.8 Å². The lowest BCUT2D eigenvalue weighted by Gasteiger charge is -2.27. The lowest BCUT2D eigenvalue weighted by Crippen LogP contribution is -2.49. The lowest BCUT2D eigenvalue weighted by atomic mass is 9.95. The summed E-state index contributed by atoms with van der Waals surface area (Å²) in [6, 6.07) is 0. The minimum Gasteiger partial charge on any atom is -0.481 e. The van der Waals surface area contributed by atoms with Gasteiger partial charge < -0.3 is 30.7 Å². The molecular weight excluding hydrogens is 290 g/mol. The van der Waals surface area contributed by atoms with Gasteiger partial charge >= 0.3 is 23.9 Å². The van der Waals surface area contributed by atoms with Gasteiger partial charge in [0.1, 0.15) is 6.54 Å². The minimum absolute atomic E-state index is 0.510. The molecule has 6 N–H and O–H groups in total. The molecule has 0 aliphatic carbocycles. The average molecular weight is 305 g/mol. The Balaban J connectivity index is 5.24. The molecule has 0 atom stereocenters. The first kappa shape index (κ1) is 18.1. The van der Waals surface area contributed by atoms with Crippen LogP contribution in [-0.2, 0) is 23.9 Å². The van der Waals surface area contributed by atoms with Crippen molar-refractivity contribution < 1.29 is 39.2 Å². The Kier molecular flexibility index (Phi) is 6.11. The first-order chi connectivity index (χ1) is 9.50. The molecule has 0 radical (unpaired) electrons. The molecule has 0 amide bonds. The van der Waals surface area contributed by atoms with Gasteiger partial charge in [-0.15, -0.1) is 0 Å². The van der Waals surface area contributed by atoms with E-state index in [1.165, 1.54) is 7.05 Å². The second kappa shape index (κ2) is 7.07. The molecule has 0 aliphatic rings. The van der Waals surface area contributed by atoms with E-state index in [-0.39, 0.29) is 0 Å². The summed E-state index contributed by atoms with van der Waals surface area (Å²) in [5.74, 6) is -6.93. The van der Waals surface area contributed by atoms with Gasteiger partial charge in [-0.05, 0) is 0 Å². The summed E-state index contributed by atoms with van der Waals surface area (Å²) in [5.41, 5.74) is 2.34. The van der Waals surface area contributed by atoms with Crippen molar-refractivity contribution in [3.8, 4) is 0 Å². The Hall–Kier alpha value is -2.85. The first-order valence-electron chi connectivity index (χ1n) is 5.44. The molecule has 0 rings (SSSR count). The molecule has 0 unspecified atom stereocenters. The summed E-state index contributed by atoms with van der Waals surface area (Å²) in [4.78, 5) is 45.0. The third kappa shape index (κ3) is 5.76. The van der Waals surface area contributed by atoms with Crippen molar-refractivity contribution in [3.63, 3.8) is 0 Å². The third-order valence-corrected chi connectivity index (χ3v) is 2.35. The predicted molar refractivity (Wildman–Crippen MR) is 65.5 cm³/mol. The van der Waals surface area contributed by atoms with Crippen LogP contribution in [0.4, 0.5) is 0 Å². The fourth-order valence-corrected chi connectivity index (χ4v) is 1.35. The lowest BCUT2D eigenvalue weighted by molar-refractivity contribution is -0.186. The number of carbonyl (C=O) groups is 4. The van der Waals surface area contributed by atoms with Crippen LogP contribution in [0.15, 0.2) is 0 Å². The van der Waals surface area contributed by atoms with E-state index in [0.717, 1.165) is 4.90 Å². The number of hydrogen-bond acceptors (Lipinski definition) is 6. The molecule has 0 bridgehead atoms. The van der Waals surface area contributed by atoms with E-state index in [1.54, 1.807) is 0 Å². The molecule has 0 spiro atoms. The van der Waals surface area contributed by atoms with Crippen molar-refractivity contribution in [3.05, 3.63) is 0 Å². The Morgan fingerprint density at radius 3 is 1.86 bits per heavy atom. The molecule has 11 nitrogen and oxygen atoms in total. The Labute approximate surface area is 118 Å². The van der Waals surface area contributed by atoms with Crippen LogP contribution in [-0.4, -0.2) is 69.2 Å². The smallest absolute Gasteiger partial charge is 0.349 e. The molecule has 11 heteroatoms. The van der Waals surface area contributed by atoms with Gasteiger partial charge in [0, 0.05) is 7.05 Å². The van der Waals surface area contributed by atoms with E-state index >= 15 is 0 Å². The van der Waals surface area contributed by atoms with Gasteiger partial charge in [-0.25, -0.2) is 4.79 Å². The standard InChI is InChI=1S/C10H15N3O8/c1-13(9(11)12)4-7(18)21-10(8(19)20,2-5(14)15)3-6(16)17/h2-4H2,1H3,(H3,11,12)(H,14,15)(H,16,17)(H,19,20). The highest BCUT2D eigenvalue weighted by Gasteiger charge is 2.47. The number of rotatable bonds is 8. The van der Waals surface area contributed by atoms with E-state index in [9.17, 15) is 19.2 Å². The van der Waals surface area contributed by atoms with Gasteiger partial charge in [0.15, 0.2) is 5.96 Å². The molecule has 0 aromatic rings. The number of carboxylic acid groups (broad SMARTS) is 3. The number of guanidine groups is 1. The number of carboxylic acids is 3. The fourth-order valence-electron chi connectivity index (χ4n) is 1.35. The normalized spacial score (nSPS) is 10.5. The van der Waals surface area contributed by atoms with Gasteiger partial charge in [-0.2, -0.15) is 0 Å². The maximum atomic E-state index is 11.6. The van der Waals surface area contributed by atoms with Gasteiger partial charge in [0.2, 0.25) is 5.60 Å². The second-order valence-corrected chi connectivity index (χ2v) is 4.16. The van der Waals surface area contributed by atoms with E-state index in [4.69, 9.17) is 26.5 Å². The van der Waals surface area contributed by atoms with Crippen LogP contribution in [0.1, 0.15) is 12.8 Å². The van der Waals surface area contributed by atoms with Crippen LogP contribution in [0.25, 0.3) is 0 Å². The van der Waals surface area contributed by atoms with Gasteiger partial charge in [-0.3, -0.25) is 19.8 Å². The number of esters is 1. The number of carbonyl (C=O) groups excluding carboxylic acids is 1. The van der Waals surface area contributed by atoms with E-state index in [1.807, 2.05) is 0 Å². The summed E-state index contributed by atoms with van der Waals surface area (Å²) in [7, 11) is 1.24.